The number of hydrogen-bond acceptors (Lipinski definition) is 5. The molecule has 2 aromatic heterocycles. The number of anilines is 2. The predicted octanol–water partition coefficient (Wildman–Crippen LogP) is 3.49. The standard InChI is InChI=1S/C23H25ClN6O2/c1-14-21(24)15(2)30(28-14)19-8-5-16(6-9-19)23(32)27-18-7-10-20(26-12-18)29-11-3-4-17(13-29)22(25)31/h5-10,12,17H,3-4,11,13H2,1-2H3,(H2,25,31)(H,27,32). The average molecular weight is 453 g/mol. The Morgan fingerprint density at radius 1 is 1.16 bits per heavy atom. The van der Waals surface area contributed by atoms with Crippen molar-refractivity contribution in [1.82, 2.24) is 14.8 Å². The number of halogens is 1. The molecular formula is C23H25ClN6O2. The van der Waals surface area contributed by atoms with Crippen molar-refractivity contribution in [3.63, 3.8) is 0 Å². The molecular weight excluding hydrogens is 428 g/mol. The lowest BCUT2D eigenvalue weighted by Gasteiger charge is -2.32. The molecule has 0 radical (unpaired) electrons. The van der Waals surface area contributed by atoms with Crippen LogP contribution in [0.5, 0.6) is 0 Å². The van der Waals surface area contributed by atoms with Gasteiger partial charge in [0, 0.05) is 18.7 Å². The third-order valence-corrected chi connectivity index (χ3v) is 6.28. The molecule has 3 aromatic rings. The number of aryl methyl sites for hydroxylation is 1. The van der Waals surface area contributed by atoms with E-state index in [4.69, 9.17) is 17.3 Å². The molecule has 32 heavy (non-hydrogen) atoms. The second-order valence-electron chi connectivity index (χ2n) is 7.99. The fourth-order valence-electron chi connectivity index (χ4n) is 3.90. The minimum Gasteiger partial charge on any atom is -0.369 e. The summed E-state index contributed by atoms with van der Waals surface area (Å²) in [6.45, 7) is 5.15. The van der Waals surface area contributed by atoms with Crippen LogP contribution in [0.3, 0.4) is 0 Å². The molecule has 166 valence electrons. The molecule has 1 atom stereocenters. The van der Waals surface area contributed by atoms with Crippen LogP contribution in [0.25, 0.3) is 5.69 Å². The Kier molecular flexibility index (Phi) is 6.14. The number of amides is 2. The van der Waals surface area contributed by atoms with Gasteiger partial charge in [-0.05, 0) is 63.1 Å². The highest BCUT2D eigenvalue weighted by Crippen LogP contribution is 2.24. The summed E-state index contributed by atoms with van der Waals surface area (Å²) in [5.41, 5.74) is 9.01. The van der Waals surface area contributed by atoms with Crippen LogP contribution in [0, 0.1) is 19.8 Å². The van der Waals surface area contributed by atoms with Gasteiger partial charge in [-0.3, -0.25) is 9.59 Å². The van der Waals surface area contributed by atoms with E-state index in [0.29, 0.717) is 22.8 Å². The van der Waals surface area contributed by atoms with E-state index in [9.17, 15) is 9.59 Å². The van der Waals surface area contributed by atoms with Crippen LogP contribution >= 0.6 is 11.6 Å². The molecule has 1 aliphatic rings. The molecule has 0 spiro atoms. The van der Waals surface area contributed by atoms with Crippen LogP contribution in [0.2, 0.25) is 5.02 Å². The molecule has 0 aliphatic carbocycles. The Labute approximate surface area is 191 Å². The van der Waals surface area contributed by atoms with Gasteiger partial charge in [0.1, 0.15) is 5.82 Å². The van der Waals surface area contributed by atoms with Gasteiger partial charge in [0.05, 0.1) is 39.9 Å². The zero-order valence-electron chi connectivity index (χ0n) is 18.0. The van der Waals surface area contributed by atoms with Gasteiger partial charge < -0.3 is 16.0 Å². The van der Waals surface area contributed by atoms with E-state index in [2.05, 4.69) is 20.3 Å². The van der Waals surface area contributed by atoms with Gasteiger partial charge in [0.25, 0.3) is 5.91 Å². The lowest BCUT2D eigenvalue weighted by atomic mass is 9.97. The zero-order valence-corrected chi connectivity index (χ0v) is 18.8. The van der Waals surface area contributed by atoms with Gasteiger partial charge in [0.15, 0.2) is 0 Å². The van der Waals surface area contributed by atoms with Gasteiger partial charge in [-0.15, -0.1) is 0 Å². The van der Waals surface area contributed by atoms with Crippen molar-refractivity contribution < 1.29 is 9.59 Å². The van der Waals surface area contributed by atoms with Crippen LogP contribution in [-0.4, -0.2) is 39.7 Å². The number of rotatable bonds is 5. The monoisotopic (exact) mass is 452 g/mol. The van der Waals surface area contributed by atoms with E-state index in [1.54, 1.807) is 29.1 Å². The van der Waals surface area contributed by atoms with Gasteiger partial charge >= 0.3 is 0 Å². The van der Waals surface area contributed by atoms with Crippen molar-refractivity contribution in [3.05, 3.63) is 64.6 Å². The van der Waals surface area contributed by atoms with Gasteiger partial charge in [-0.1, -0.05) is 11.6 Å². The van der Waals surface area contributed by atoms with Crippen LogP contribution in [-0.2, 0) is 4.79 Å². The molecule has 1 aliphatic heterocycles. The van der Waals surface area contributed by atoms with Crippen molar-refractivity contribution in [2.24, 2.45) is 11.7 Å². The molecule has 2 amide bonds. The number of carbonyl (C=O) groups excluding carboxylic acids is 2. The zero-order chi connectivity index (χ0) is 22.8. The Bertz CT molecular complexity index is 1140. The first-order chi connectivity index (χ1) is 15.3. The number of nitrogens with two attached hydrogens (primary N) is 1. The SMILES string of the molecule is Cc1nn(-c2ccc(C(=O)Nc3ccc(N4CCCC(C(N)=O)C4)nc3)cc2)c(C)c1Cl. The van der Waals surface area contributed by atoms with E-state index in [-0.39, 0.29) is 17.7 Å². The number of aromatic nitrogens is 3. The summed E-state index contributed by atoms with van der Waals surface area (Å²) in [5.74, 6) is 0.107. The van der Waals surface area contributed by atoms with E-state index in [0.717, 1.165) is 42.3 Å². The first-order valence-corrected chi connectivity index (χ1v) is 10.8. The van der Waals surface area contributed by atoms with E-state index in [1.165, 1.54) is 0 Å². The van der Waals surface area contributed by atoms with Crippen LogP contribution < -0.4 is 16.0 Å². The second kappa shape index (κ2) is 9.00. The van der Waals surface area contributed by atoms with Crippen LogP contribution in [0.1, 0.15) is 34.6 Å². The van der Waals surface area contributed by atoms with Crippen LogP contribution in [0.4, 0.5) is 11.5 Å². The Balaban J connectivity index is 1.41. The summed E-state index contributed by atoms with van der Waals surface area (Å²) in [4.78, 5) is 30.6. The number of nitrogens with zero attached hydrogens (tertiary/aromatic N) is 4. The fraction of sp³-hybridized carbons (Fsp3) is 0.304. The summed E-state index contributed by atoms with van der Waals surface area (Å²) in [6, 6.07) is 10.8. The number of pyridine rings is 1. The maximum Gasteiger partial charge on any atom is 0.255 e. The van der Waals surface area contributed by atoms with Gasteiger partial charge in [0.2, 0.25) is 5.91 Å². The Morgan fingerprint density at radius 3 is 2.50 bits per heavy atom. The number of piperidine rings is 1. The summed E-state index contributed by atoms with van der Waals surface area (Å²) < 4.78 is 1.76. The molecule has 3 N–H and O–H groups in total. The van der Waals surface area contributed by atoms with Gasteiger partial charge in [-0.25, -0.2) is 9.67 Å². The highest BCUT2D eigenvalue weighted by Gasteiger charge is 2.24. The minimum absolute atomic E-state index is 0.154. The number of carbonyl (C=O) groups is 2. The number of benzene rings is 1. The first-order valence-electron chi connectivity index (χ1n) is 10.5. The molecule has 3 heterocycles. The van der Waals surface area contributed by atoms with Crippen molar-refractivity contribution in [2.75, 3.05) is 23.3 Å². The molecule has 1 unspecified atom stereocenters. The molecule has 4 rings (SSSR count). The quantitative estimate of drug-likeness (QED) is 0.616. The number of nitrogens with one attached hydrogen (secondary N) is 1. The van der Waals surface area contributed by atoms with Crippen molar-refractivity contribution in [1.29, 1.82) is 0 Å². The highest BCUT2D eigenvalue weighted by molar-refractivity contribution is 6.31. The average Bonchev–Trinajstić information content (AvgIpc) is 3.07. The maximum atomic E-state index is 12.6. The molecule has 0 bridgehead atoms. The minimum atomic E-state index is -0.273. The Hall–Kier alpha value is -3.39. The summed E-state index contributed by atoms with van der Waals surface area (Å²) in [5, 5.41) is 7.93. The molecule has 0 saturated carbocycles. The molecule has 9 heteroatoms. The molecule has 1 fully saturated rings. The molecule has 1 saturated heterocycles. The number of hydrogen-bond donors (Lipinski definition) is 2. The summed E-state index contributed by atoms with van der Waals surface area (Å²) in [6.07, 6.45) is 3.33. The highest BCUT2D eigenvalue weighted by atomic mass is 35.5. The summed E-state index contributed by atoms with van der Waals surface area (Å²) >= 11 is 6.22. The lowest BCUT2D eigenvalue weighted by Crippen LogP contribution is -2.41. The normalized spacial score (nSPS) is 16.1. The molecule has 8 nitrogen and oxygen atoms in total. The van der Waals surface area contributed by atoms with Crippen molar-refractivity contribution >= 4 is 34.9 Å². The smallest absolute Gasteiger partial charge is 0.255 e. The van der Waals surface area contributed by atoms with Crippen LogP contribution in [0.15, 0.2) is 42.6 Å². The van der Waals surface area contributed by atoms with Crippen molar-refractivity contribution in [3.8, 4) is 5.69 Å². The Morgan fingerprint density at radius 2 is 1.91 bits per heavy atom. The van der Waals surface area contributed by atoms with E-state index in [1.807, 2.05) is 32.0 Å². The third-order valence-electron chi connectivity index (χ3n) is 5.73. The second-order valence-corrected chi connectivity index (χ2v) is 8.37. The maximum absolute atomic E-state index is 12.6. The summed E-state index contributed by atoms with van der Waals surface area (Å²) in [7, 11) is 0. The third kappa shape index (κ3) is 4.45. The van der Waals surface area contributed by atoms with E-state index >= 15 is 0 Å². The first kappa shape index (κ1) is 21.8. The topological polar surface area (TPSA) is 106 Å². The fourth-order valence-corrected chi connectivity index (χ4v) is 4.01. The van der Waals surface area contributed by atoms with Gasteiger partial charge in [-0.2, -0.15) is 5.10 Å². The van der Waals surface area contributed by atoms with Crippen molar-refractivity contribution in [2.45, 2.75) is 26.7 Å². The largest absolute Gasteiger partial charge is 0.369 e. The van der Waals surface area contributed by atoms with E-state index < -0.39 is 0 Å². The lowest BCUT2D eigenvalue weighted by molar-refractivity contribution is -0.122. The number of primary amides is 1. The predicted molar refractivity (Wildman–Crippen MR) is 124 cm³/mol. The molecule has 1 aromatic carbocycles.